The Hall–Kier alpha value is 0.0200. The second kappa shape index (κ2) is 25.6. The Labute approximate surface area is 203 Å². The molecule has 0 aromatic rings. The Morgan fingerprint density at radius 1 is 0.438 bits per heavy atom. The molecule has 0 saturated heterocycles. The maximum absolute atomic E-state index is 12.7. The van der Waals surface area contributed by atoms with Gasteiger partial charge in [-0.3, -0.25) is 0 Å². The van der Waals surface area contributed by atoms with Crippen molar-refractivity contribution < 1.29 is 13.6 Å². The molecule has 0 heterocycles. The third kappa shape index (κ3) is 21.8. The largest absolute Gasteiger partial charge is 0.697 e. The highest BCUT2D eigenvalue weighted by atomic mass is 31.1. The Morgan fingerprint density at radius 2 is 0.719 bits per heavy atom. The van der Waals surface area contributed by atoms with Crippen LogP contribution in [0.2, 0.25) is 0 Å². The first-order chi connectivity index (χ1) is 15.7. The summed E-state index contributed by atoms with van der Waals surface area (Å²) < 4.78 is 24.6. The molecule has 0 aliphatic rings. The summed E-state index contributed by atoms with van der Waals surface area (Å²) in [5, 5.41) is 0. The van der Waals surface area contributed by atoms with Crippen LogP contribution in [-0.2, 0) is 13.6 Å². The molecule has 32 heavy (non-hydrogen) atoms. The van der Waals surface area contributed by atoms with Crippen molar-refractivity contribution in [1.29, 1.82) is 0 Å². The van der Waals surface area contributed by atoms with Gasteiger partial charge >= 0.3 is 8.25 Å². The van der Waals surface area contributed by atoms with Gasteiger partial charge in [-0.2, -0.15) is 0 Å². The van der Waals surface area contributed by atoms with Crippen molar-refractivity contribution in [2.75, 3.05) is 0 Å². The van der Waals surface area contributed by atoms with Crippen molar-refractivity contribution in [2.24, 2.45) is 0 Å². The molecule has 0 bridgehead atoms. The summed E-state index contributed by atoms with van der Waals surface area (Å²) in [6.45, 7) is 8.95. The average molecular weight is 474 g/mol. The SMILES string of the molecule is CCCCCCCCCC(CCCC)O[P+](=O)OC(CCCC)CCCCCCCCC. The minimum atomic E-state index is -2.01. The van der Waals surface area contributed by atoms with Crippen molar-refractivity contribution in [3.63, 3.8) is 0 Å². The predicted molar refractivity (Wildman–Crippen MR) is 142 cm³/mol. The summed E-state index contributed by atoms with van der Waals surface area (Å²) >= 11 is 0. The molecule has 0 rings (SSSR count). The van der Waals surface area contributed by atoms with Crippen molar-refractivity contribution >= 4 is 8.25 Å². The first-order valence-corrected chi connectivity index (χ1v) is 15.6. The minimum absolute atomic E-state index is 0.0968. The van der Waals surface area contributed by atoms with Gasteiger partial charge in [0.1, 0.15) is 12.2 Å². The van der Waals surface area contributed by atoms with Gasteiger partial charge in [-0.05, 0) is 25.7 Å². The zero-order chi connectivity index (χ0) is 23.7. The van der Waals surface area contributed by atoms with E-state index < -0.39 is 8.25 Å². The van der Waals surface area contributed by atoms with Gasteiger partial charge in [-0.1, -0.05) is 143 Å². The Bertz CT molecular complexity index is 355. The molecule has 0 fully saturated rings. The van der Waals surface area contributed by atoms with Crippen molar-refractivity contribution in [3.05, 3.63) is 0 Å². The van der Waals surface area contributed by atoms with Gasteiger partial charge in [-0.25, -0.2) is 0 Å². The molecule has 2 atom stereocenters. The maximum Gasteiger partial charge on any atom is 0.697 e. The van der Waals surface area contributed by atoms with Gasteiger partial charge in [0.15, 0.2) is 0 Å². The highest BCUT2D eigenvalue weighted by Crippen LogP contribution is 2.34. The highest BCUT2D eigenvalue weighted by molar-refractivity contribution is 7.33. The average Bonchev–Trinajstić information content (AvgIpc) is 2.79. The van der Waals surface area contributed by atoms with Gasteiger partial charge in [0.2, 0.25) is 0 Å². The van der Waals surface area contributed by atoms with E-state index in [4.69, 9.17) is 9.05 Å². The van der Waals surface area contributed by atoms with Crippen LogP contribution in [0.3, 0.4) is 0 Å². The van der Waals surface area contributed by atoms with E-state index in [1.807, 2.05) is 0 Å². The fraction of sp³-hybridized carbons (Fsp3) is 1.00. The molecule has 2 unspecified atom stereocenters. The molecule has 0 saturated carbocycles. The predicted octanol–water partition coefficient (Wildman–Crippen LogP) is 11.1. The van der Waals surface area contributed by atoms with Crippen LogP contribution in [0, 0.1) is 0 Å². The van der Waals surface area contributed by atoms with Gasteiger partial charge in [0, 0.05) is 4.57 Å². The van der Waals surface area contributed by atoms with Gasteiger partial charge < -0.3 is 0 Å². The van der Waals surface area contributed by atoms with Crippen LogP contribution in [-0.4, -0.2) is 12.2 Å². The first kappa shape index (κ1) is 32.0. The normalized spacial score (nSPS) is 13.9. The van der Waals surface area contributed by atoms with Crippen LogP contribution < -0.4 is 0 Å². The number of rotatable bonds is 26. The van der Waals surface area contributed by atoms with Crippen LogP contribution >= 0.6 is 8.25 Å². The van der Waals surface area contributed by atoms with Crippen LogP contribution in [0.4, 0.5) is 0 Å². The number of hydrogen-bond acceptors (Lipinski definition) is 3. The van der Waals surface area contributed by atoms with E-state index in [1.165, 1.54) is 89.9 Å². The summed E-state index contributed by atoms with van der Waals surface area (Å²) in [4.78, 5) is 0. The third-order valence-corrected chi connectivity index (χ3v) is 7.43. The standard InChI is InChI=1S/C28H58O3P/c1-5-9-13-15-17-19-21-25-27(23-11-7-3)30-32(29)31-28(24-12-8-4)26-22-20-18-16-14-10-6-2/h27-28H,5-26H2,1-4H3/q+1. The minimum Gasteiger partial charge on any atom is -0.116 e. The van der Waals surface area contributed by atoms with E-state index in [2.05, 4.69) is 27.7 Å². The monoisotopic (exact) mass is 473 g/mol. The van der Waals surface area contributed by atoms with E-state index in [-0.39, 0.29) is 12.2 Å². The lowest BCUT2D eigenvalue weighted by atomic mass is 10.0. The summed E-state index contributed by atoms with van der Waals surface area (Å²) in [6, 6.07) is 0. The summed E-state index contributed by atoms with van der Waals surface area (Å²) in [7, 11) is -2.01. The molecule has 0 radical (unpaired) electrons. The molecule has 4 heteroatoms. The second-order valence-electron chi connectivity index (χ2n) is 9.78. The van der Waals surface area contributed by atoms with E-state index in [0.717, 1.165) is 51.4 Å². The molecule has 0 amide bonds. The lowest BCUT2D eigenvalue weighted by molar-refractivity contribution is 0.107. The topological polar surface area (TPSA) is 35.5 Å². The maximum atomic E-state index is 12.7. The molecular formula is C28H58O3P+. The zero-order valence-corrected chi connectivity index (χ0v) is 23.3. The van der Waals surface area contributed by atoms with E-state index in [0.29, 0.717) is 0 Å². The molecule has 0 aromatic carbocycles. The first-order valence-electron chi connectivity index (χ1n) is 14.5. The fourth-order valence-corrected chi connectivity index (χ4v) is 5.25. The van der Waals surface area contributed by atoms with Crippen LogP contribution in [0.15, 0.2) is 0 Å². The third-order valence-electron chi connectivity index (χ3n) is 6.49. The van der Waals surface area contributed by atoms with E-state index >= 15 is 0 Å². The van der Waals surface area contributed by atoms with Gasteiger partial charge in [-0.15, -0.1) is 9.05 Å². The van der Waals surface area contributed by atoms with Crippen LogP contribution in [0.1, 0.15) is 169 Å². The quantitative estimate of drug-likeness (QED) is 0.0925. The molecule has 0 aliphatic carbocycles. The van der Waals surface area contributed by atoms with Crippen LogP contribution in [0.25, 0.3) is 0 Å². The smallest absolute Gasteiger partial charge is 0.116 e. The summed E-state index contributed by atoms with van der Waals surface area (Å²) in [6.07, 6.45) is 27.2. The van der Waals surface area contributed by atoms with Gasteiger partial charge in [0.25, 0.3) is 0 Å². The van der Waals surface area contributed by atoms with E-state index in [9.17, 15) is 4.57 Å². The van der Waals surface area contributed by atoms with Crippen LogP contribution in [0.5, 0.6) is 0 Å². The lowest BCUT2D eigenvalue weighted by Crippen LogP contribution is -2.13. The summed E-state index contributed by atoms with van der Waals surface area (Å²) in [5.41, 5.74) is 0. The summed E-state index contributed by atoms with van der Waals surface area (Å²) in [5.74, 6) is 0. The Balaban J connectivity index is 4.27. The molecule has 0 spiro atoms. The molecule has 192 valence electrons. The molecule has 0 N–H and O–H groups in total. The highest BCUT2D eigenvalue weighted by Gasteiger charge is 2.31. The van der Waals surface area contributed by atoms with Crippen molar-refractivity contribution in [2.45, 2.75) is 181 Å². The number of hydrogen-bond donors (Lipinski definition) is 0. The Morgan fingerprint density at radius 3 is 1.06 bits per heavy atom. The molecule has 3 nitrogen and oxygen atoms in total. The second-order valence-corrected chi connectivity index (χ2v) is 10.7. The Kier molecular flexibility index (Phi) is 25.7. The molecule has 0 aliphatic heterocycles. The molecule has 0 aromatic heterocycles. The molecular weight excluding hydrogens is 415 g/mol. The van der Waals surface area contributed by atoms with E-state index in [1.54, 1.807) is 0 Å². The zero-order valence-electron chi connectivity index (χ0n) is 22.4. The fourth-order valence-electron chi connectivity index (χ4n) is 4.29. The number of unbranched alkanes of at least 4 members (excludes halogenated alkanes) is 14. The van der Waals surface area contributed by atoms with Crippen molar-refractivity contribution in [1.82, 2.24) is 0 Å². The van der Waals surface area contributed by atoms with Crippen molar-refractivity contribution in [3.8, 4) is 0 Å². The van der Waals surface area contributed by atoms with Gasteiger partial charge in [0.05, 0.1) is 0 Å². The lowest BCUT2D eigenvalue weighted by Gasteiger charge is -2.13.